The topological polar surface area (TPSA) is 56.7 Å². The second kappa shape index (κ2) is 4.77. The maximum Gasteiger partial charge on any atom is 0.222 e. The lowest BCUT2D eigenvalue weighted by Gasteiger charge is -1.98. The highest BCUT2D eigenvalue weighted by molar-refractivity contribution is 7.99. The molecule has 2 N–H and O–H groups in total. The third kappa shape index (κ3) is 2.67. The molecule has 0 bridgehead atoms. The zero-order valence-electron chi connectivity index (χ0n) is 7.53. The molecule has 0 saturated carbocycles. The van der Waals surface area contributed by atoms with Crippen molar-refractivity contribution < 1.29 is 0 Å². The highest BCUT2D eigenvalue weighted by Crippen LogP contribution is 2.17. The summed E-state index contributed by atoms with van der Waals surface area (Å²) in [6, 6.07) is 0. The van der Waals surface area contributed by atoms with E-state index in [4.69, 9.17) is 12.2 Å². The second-order valence-corrected chi connectivity index (χ2v) is 3.62. The number of hydrogen-bond acceptors (Lipinski definition) is 4. The maximum atomic E-state index is 5.51. The Labute approximate surface area is 81.9 Å². The van der Waals surface area contributed by atoms with Crippen LogP contribution in [0.4, 0.5) is 5.95 Å². The quantitative estimate of drug-likeness (QED) is 0.441. The molecular weight excluding hydrogens is 184 g/mol. The van der Waals surface area contributed by atoms with Crippen LogP contribution in [0.2, 0.25) is 0 Å². The van der Waals surface area contributed by atoms with Crippen LogP contribution in [0.25, 0.3) is 0 Å². The predicted octanol–water partition coefficient (Wildman–Crippen LogP) is 0.903. The van der Waals surface area contributed by atoms with Gasteiger partial charge in [0, 0.05) is 19.2 Å². The molecular formula is C8H12N4S. The Hall–Kier alpha value is -1.15. The number of hydrogen-bond donors (Lipinski definition) is 1. The van der Waals surface area contributed by atoms with Crippen molar-refractivity contribution >= 4 is 17.7 Å². The standard InChI is InChI=1S/C8H12N4S/c1-3-4-5-6-13-8-11-10-7(9)12(8)2/h1H,4-6H2,2H3,(H2,9,10). The first-order chi connectivity index (χ1) is 6.25. The van der Waals surface area contributed by atoms with Gasteiger partial charge in [-0.1, -0.05) is 11.8 Å². The summed E-state index contributed by atoms with van der Waals surface area (Å²) in [5.41, 5.74) is 5.51. The summed E-state index contributed by atoms with van der Waals surface area (Å²) in [5, 5.41) is 8.50. The fourth-order valence-electron chi connectivity index (χ4n) is 0.790. The third-order valence-electron chi connectivity index (χ3n) is 1.57. The van der Waals surface area contributed by atoms with Crippen LogP contribution in [0.15, 0.2) is 5.16 Å². The Balaban J connectivity index is 2.38. The van der Waals surface area contributed by atoms with Crippen LogP contribution in [-0.4, -0.2) is 20.5 Å². The van der Waals surface area contributed by atoms with E-state index in [2.05, 4.69) is 16.1 Å². The van der Waals surface area contributed by atoms with Gasteiger partial charge in [-0.3, -0.25) is 4.57 Å². The molecule has 70 valence electrons. The second-order valence-electron chi connectivity index (χ2n) is 2.56. The number of anilines is 1. The zero-order valence-corrected chi connectivity index (χ0v) is 8.34. The van der Waals surface area contributed by atoms with E-state index in [0.29, 0.717) is 5.95 Å². The first-order valence-corrected chi connectivity index (χ1v) is 4.95. The van der Waals surface area contributed by atoms with Gasteiger partial charge >= 0.3 is 0 Å². The van der Waals surface area contributed by atoms with Crippen LogP contribution in [0.1, 0.15) is 12.8 Å². The van der Waals surface area contributed by atoms with Crippen LogP contribution >= 0.6 is 11.8 Å². The number of unbranched alkanes of at least 4 members (excludes halogenated alkanes) is 1. The van der Waals surface area contributed by atoms with Crippen LogP contribution < -0.4 is 5.73 Å². The summed E-state index contributed by atoms with van der Waals surface area (Å²) in [4.78, 5) is 0. The van der Waals surface area contributed by atoms with Gasteiger partial charge in [-0.05, 0) is 6.42 Å². The molecule has 0 radical (unpaired) electrons. The Morgan fingerprint density at radius 3 is 2.92 bits per heavy atom. The van der Waals surface area contributed by atoms with Crippen LogP contribution in [0.5, 0.6) is 0 Å². The number of thioether (sulfide) groups is 1. The zero-order chi connectivity index (χ0) is 9.68. The highest BCUT2D eigenvalue weighted by atomic mass is 32.2. The fraction of sp³-hybridized carbons (Fsp3) is 0.500. The van der Waals surface area contributed by atoms with E-state index >= 15 is 0 Å². The lowest BCUT2D eigenvalue weighted by molar-refractivity contribution is 0.794. The predicted molar refractivity (Wildman–Crippen MR) is 54.2 cm³/mol. The molecule has 0 aromatic carbocycles. The van der Waals surface area contributed by atoms with Crippen molar-refractivity contribution in [2.24, 2.45) is 7.05 Å². The van der Waals surface area contributed by atoms with Crippen LogP contribution in [0.3, 0.4) is 0 Å². The molecule has 0 aliphatic heterocycles. The molecule has 0 atom stereocenters. The van der Waals surface area contributed by atoms with Gasteiger partial charge in [0.2, 0.25) is 5.95 Å². The molecule has 13 heavy (non-hydrogen) atoms. The summed E-state index contributed by atoms with van der Waals surface area (Å²) in [5.74, 6) is 3.99. The molecule has 1 heterocycles. The molecule has 5 heteroatoms. The lowest BCUT2D eigenvalue weighted by Crippen LogP contribution is -1.98. The average Bonchev–Trinajstić information content (AvgIpc) is 2.43. The Bertz CT molecular complexity index is 312. The molecule has 0 amide bonds. The van der Waals surface area contributed by atoms with E-state index in [1.54, 1.807) is 16.3 Å². The first kappa shape index (κ1) is 9.93. The molecule has 0 fully saturated rings. The van der Waals surface area contributed by atoms with Crippen molar-refractivity contribution in [1.82, 2.24) is 14.8 Å². The minimum atomic E-state index is 0.444. The normalized spacial score (nSPS) is 9.85. The maximum absolute atomic E-state index is 5.51. The molecule has 0 saturated heterocycles. The summed E-state index contributed by atoms with van der Waals surface area (Å²) < 4.78 is 1.76. The van der Waals surface area contributed by atoms with Crippen molar-refractivity contribution in [1.29, 1.82) is 0 Å². The SMILES string of the molecule is C#CCCCSc1nnc(N)n1C. The van der Waals surface area contributed by atoms with Gasteiger partial charge in [0.1, 0.15) is 0 Å². The van der Waals surface area contributed by atoms with E-state index in [1.165, 1.54) is 0 Å². The van der Waals surface area contributed by atoms with Crippen LogP contribution in [-0.2, 0) is 7.05 Å². The summed E-state index contributed by atoms with van der Waals surface area (Å²) >= 11 is 1.62. The summed E-state index contributed by atoms with van der Waals surface area (Å²) in [6.07, 6.45) is 6.93. The Kier molecular flexibility index (Phi) is 3.65. The summed E-state index contributed by atoms with van der Waals surface area (Å²) in [7, 11) is 1.85. The minimum absolute atomic E-state index is 0.444. The third-order valence-corrected chi connectivity index (χ3v) is 2.67. The molecule has 1 rings (SSSR count). The number of rotatable bonds is 4. The van der Waals surface area contributed by atoms with Gasteiger partial charge < -0.3 is 5.73 Å². The van der Waals surface area contributed by atoms with Gasteiger partial charge in [-0.15, -0.1) is 22.5 Å². The monoisotopic (exact) mass is 196 g/mol. The first-order valence-electron chi connectivity index (χ1n) is 3.97. The van der Waals surface area contributed by atoms with E-state index in [0.717, 1.165) is 23.8 Å². The van der Waals surface area contributed by atoms with Crippen molar-refractivity contribution in [3.8, 4) is 12.3 Å². The smallest absolute Gasteiger partial charge is 0.222 e. The largest absolute Gasteiger partial charge is 0.368 e. The van der Waals surface area contributed by atoms with Gasteiger partial charge in [-0.2, -0.15) is 0 Å². The number of aromatic nitrogens is 3. The molecule has 0 unspecified atom stereocenters. The fourth-order valence-corrected chi connectivity index (χ4v) is 1.65. The number of nitrogens with zero attached hydrogens (tertiary/aromatic N) is 3. The highest BCUT2D eigenvalue weighted by Gasteiger charge is 2.04. The van der Waals surface area contributed by atoms with Crippen molar-refractivity contribution in [3.05, 3.63) is 0 Å². The van der Waals surface area contributed by atoms with E-state index in [-0.39, 0.29) is 0 Å². The Morgan fingerprint density at radius 1 is 1.62 bits per heavy atom. The summed E-state index contributed by atoms with van der Waals surface area (Å²) in [6.45, 7) is 0. The number of nitrogen functional groups attached to an aromatic ring is 1. The van der Waals surface area contributed by atoms with Crippen molar-refractivity contribution in [3.63, 3.8) is 0 Å². The van der Waals surface area contributed by atoms with Gasteiger partial charge in [0.25, 0.3) is 0 Å². The van der Waals surface area contributed by atoms with E-state index in [9.17, 15) is 0 Å². The van der Waals surface area contributed by atoms with Crippen LogP contribution in [0, 0.1) is 12.3 Å². The van der Waals surface area contributed by atoms with E-state index in [1.807, 2.05) is 7.05 Å². The molecule has 1 aromatic heterocycles. The van der Waals surface area contributed by atoms with Gasteiger partial charge in [-0.25, -0.2) is 0 Å². The molecule has 0 aliphatic carbocycles. The minimum Gasteiger partial charge on any atom is -0.368 e. The number of nitrogens with two attached hydrogens (primary N) is 1. The van der Waals surface area contributed by atoms with Gasteiger partial charge in [0.05, 0.1) is 0 Å². The number of terminal acetylenes is 1. The Morgan fingerprint density at radius 2 is 2.38 bits per heavy atom. The van der Waals surface area contributed by atoms with Crippen molar-refractivity contribution in [2.75, 3.05) is 11.5 Å². The van der Waals surface area contributed by atoms with Crippen molar-refractivity contribution in [2.45, 2.75) is 18.0 Å². The van der Waals surface area contributed by atoms with E-state index < -0.39 is 0 Å². The molecule has 0 aliphatic rings. The molecule has 0 spiro atoms. The van der Waals surface area contributed by atoms with Gasteiger partial charge in [0.15, 0.2) is 5.16 Å². The average molecular weight is 196 g/mol. The molecule has 1 aromatic rings. The molecule has 4 nitrogen and oxygen atoms in total. The lowest BCUT2D eigenvalue weighted by atomic mass is 10.4.